The topological polar surface area (TPSA) is 218 Å². The van der Waals surface area contributed by atoms with Crippen molar-refractivity contribution in [2.45, 2.75) is 44.2 Å². The van der Waals surface area contributed by atoms with Crippen LogP contribution in [-0.4, -0.2) is 75.3 Å². The molecule has 4 rings (SSSR count). The Labute approximate surface area is 234 Å². The van der Waals surface area contributed by atoms with Gasteiger partial charge in [-0.05, 0) is 35.1 Å². The summed E-state index contributed by atoms with van der Waals surface area (Å²) in [5.74, 6) is -6.26. The van der Waals surface area contributed by atoms with E-state index < -0.39 is 60.1 Å². The Morgan fingerprint density at radius 2 is 1.63 bits per heavy atom. The third kappa shape index (κ3) is 5.85. The average Bonchev–Trinajstić information content (AvgIpc) is 3.39. The normalized spacial score (nSPS) is 16.3. The number of carboxylic acid groups (broad SMARTS) is 1. The zero-order chi connectivity index (χ0) is 29.8. The number of benzene rings is 2. The Morgan fingerprint density at radius 3 is 2.17 bits per heavy atom. The highest BCUT2D eigenvalue weighted by Crippen LogP contribution is 2.44. The molecule has 41 heavy (non-hydrogen) atoms. The fourth-order valence-corrected chi connectivity index (χ4v) is 5.09. The Kier molecular flexibility index (Phi) is 8.31. The van der Waals surface area contributed by atoms with Gasteiger partial charge in [0.1, 0.15) is 12.1 Å². The van der Waals surface area contributed by atoms with Gasteiger partial charge in [0.2, 0.25) is 11.8 Å². The lowest BCUT2D eigenvalue weighted by Crippen LogP contribution is -2.60. The number of hydrogen-bond donors (Lipinski definition) is 5. The molecular weight excluding hydrogens is 534 g/mol. The zero-order valence-electron chi connectivity index (χ0n) is 22.1. The van der Waals surface area contributed by atoms with Crippen LogP contribution in [0.5, 0.6) is 0 Å². The average molecular weight is 564 g/mol. The number of rotatable bonds is 10. The molecule has 1 saturated heterocycles. The molecule has 6 amide bonds. The number of nitrogens with zero attached hydrogens (tertiary/aromatic N) is 3. The Morgan fingerprint density at radius 1 is 1.05 bits per heavy atom. The lowest BCUT2D eigenvalue weighted by molar-refractivity contribution is -0.165. The first-order chi connectivity index (χ1) is 19.5. The van der Waals surface area contributed by atoms with Crippen LogP contribution in [0, 0.1) is 0 Å². The molecule has 0 spiro atoms. The first-order valence-electron chi connectivity index (χ1n) is 12.8. The summed E-state index contributed by atoms with van der Waals surface area (Å²) in [7, 11) is 0. The van der Waals surface area contributed by atoms with Crippen molar-refractivity contribution in [3.63, 3.8) is 0 Å². The van der Waals surface area contributed by atoms with Gasteiger partial charge in [-0.1, -0.05) is 48.5 Å². The van der Waals surface area contributed by atoms with Gasteiger partial charge in [-0.25, -0.2) is 9.80 Å². The molecule has 1 aliphatic heterocycles. The minimum Gasteiger partial charge on any atom is -0.481 e. The van der Waals surface area contributed by atoms with Crippen molar-refractivity contribution in [3.05, 3.63) is 59.7 Å². The SMILES string of the molecule is CC(=O)N([C@@H](CC(=O)O)C(=O)NC(=O)C1c2ccccc2-c2ccccc21)N1C(=O)N[C@@H](CCCN=C(N)N)C1=O. The number of hydrogen-bond acceptors (Lipinski definition) is 7. The summed E-state index contributed by atoms with van der Waals surface area (Å²) in [6.45, 7) is 1.15. The van der Waals surface area contributed by atoms with Crippen molar-refractivity contribution < 1.29 is 33.9 Å². The molecule has 14 heteroatoms. The predicted octanol–water partition coefficient (Wildman–Crippen LogP) is 0.0225. The standard InChI is InChI=1S/C27H29N7O7/c1-14(35)33(34-25(40)19(31-27(34)41)11-6-12-30-26(28)29)20(13-21(36)37)23(38)32-24(39)22-17-9-4-2-7-15(17)16-8-3-5-10-18(16)22/h2-5,7-10,19-20,22H,6,11-13H2,1H3,(H,31,41)(H,36,37)(H4,28,29,30)(H,32,38,39)/t19-,20-/m0/s1. The van der Waals surface area contributed by atoms with Crippen LogP contribution in [0.4, 0.5) is 4.79 Å². The molecule has 214 valence electrons. The summed E-state index contributed by atoms with van der Waals surface area (Å²) in [5.41, 5.74) is 13.5. The van der Waals surface area contributed by atoms with Crippen molar-refractivity contribution in [3.8, 4) is 11.1 Å². The fraction of sp³-hybridized carbons (Fsp3) is 0.296. The van der Waals surface area contributed by atoms with Crippen molar-refractivity contribution in [2.24, 2.45) is 16.5 Å². The van der Waals surface area contributed by atoms with Crippen molar-refractivity contribution in [1.82, 2.24) is 20.7 Å². The maximum Gasteiger partial charge on any atom is 0.344 e. The molecule has 0 unspecified atom stereocenters. The first kappa shape index (κ1) is 28.7. The Hall–Kier alpha value is -5.27. The number of hydrazine groups is 1. The lowest BCUT2D eigenvalue weighted by atomic mass is 9.96. The summed E-state index contributed by atoms with van der Waals surface area (Å²) in [5, 5.41) is 15.1. The minimum atomic E-state index is -1.89. The van der Waals surface area contributed by atoms with E-state index in [2.05, 4.69) is 15.6 Å². The largest absolute Gasteiger partial charge is 0.481 e. The number of carbonyl (C=O) groups is 6. The number of urea groups is 1. The summed E-state index contributed by atoms with van der Waals surface area (Å²) in [4.78, 5) is 81.1. The molecule has 2 atom stereocenters. The Balaban J connectivity index is 1.58. The number of fused-ring (bicyclic) bond motifs is 3. The van der Waals surface area contributed by atoms with Gasteiger partial charge >= 0.3 is 12.0 Å². The van der Waals surface area contributed by atoms with Crippen molar-refractivity contribution >= 4 is 41.6 Å². The number of carbonyl (C=O) groups excluding carboxylic acids is 5. The minimum absolute atomic E-state index is 0.109. The van der Waals surface area contributed by atoms with Gasteiger partial charge in [-0.15, -0.1) is 0 Å². The highest BCUT2D eigenvalue weighted by molar-refractivity contribution is 6.08. The number of amides is 6. The number of aliphatic imine (C=N–C) groups is 1. The smallest absolute Gasteiger partial charge is 0.344 e. The molecule has 2 aromatic rings. The van der Waals surface area contributed by atoms with Gasteiger partial charge in [-0.3, -0.25) is 34.3 Å². The van der Waals surface area contributed by atoms with Crippen LogP contribution < -0.4 is 22.1 Å². The number of nitrogens with two attached hydrogens (primary N) is 2. The van der Waals surface area contributed by atoms with Crippen molar-refractivity contribution in [1.29, 1.82) is 0 Å². The molecule has 0 radical (unpaired) electrons. The summed E-state index contributed by atoms with van der Waals surface area (Å²) < 4.78 is 0. The van der Waals surface area contributed by atoms with E-state index in [9.17, 15) is 33.9 Å². The van der Waals surface area contributed by atoms with Crippen LogP contribution in [0.2, 0.25) is 0 Å². The number of carboxylic acids is 1. The van der Waals surface area contributed by atoms with Gasteiger partial charge in [0.15, 0.2) is 5.96 Å². The molecule has 0 aromatic heterocycles. The lowest BCUT2D eigenvalue weighted by Gasteiger charge is -2.33. The molecule has 2 aliphatic rings. The molecule has 0 bridgehead atoms. The predicted molar refractivity (Wildman–Crippen MR) is 145 cm³/mol. The number of guanidine groups is 1. The van der Waals surface area contributed by atoms with E-state index in [1.54, 1.807) is 24.3 Å². The first-order valence-corrected chi connectivity index (χ1v) is 12.8. The molecule has 14 nitrogen and oxygen atoms in total. The van der Waals surface area contributed by atoms with Gasteiger partial charge in [0, 0.05) is 13.5 Å². The van der Waals surface area contributed by atoms with Crippen LogP contribution in [0.1, 0.15) is 43.2 Å². The van der Waals surface area contributed by atoms with E-state index in [-0.39, 0.29) is 18.9 Å². The number of nitrogens with one attached hydrogen (secondary N) is 2. The molecule has 0 saturated carbocycles. The highest BCUT2D eigenvalue weighted by Gasteiger charge is 2.47. The quantitative estimate of drug-likeness (QED) is 0.114. The van der Waals surface area contributed by atoms with E-state index in [1.165, 1.54) is 0 Å². The van der Waals surface area contributed by atoms with E-state index in [4.69, 9.17) is 11.5 Å². The van der Waals surface area contributed by atoms with E-state index in [1.807, 2.05) is 24.3 Å². The molecule has 2 aromatic carbocycles. The van der Waals surface area contributed by atoms with Crippen LogP contribution in [0.25, 0.3) is 11.1 Å². The van der Waals surface area contributed by atoms with Gasteiger partial charge < -0.3 is 21.9 Å². The number of aliphatic carboxylic acids is 1. The number of imide groups is 2. The van der Waals surface area contributed by atoms with E-state index >= 15 is 0 Å². The van der Waals surface area contributed by atoms with E-state index in [0.29, 0.717) is 27.6 Å². The highest BCUT2D eigenvalue weighted by atomic mass is 16.4. The second-order valence-corrected chi connectivity index (χ2v) is 9.54. The summed E-state index contributed by atoms with van der Waals surface area (Å²) in [6.07, 6.45) is -0.568. The second kappa shape index (κ2) is 11.9. The van der Waals surface area contributed by atoms with Crippen LogP contribution in [0.15, 0.2) is 53.5 Å². The van der Waals surface area contributed by atoms with E-state index in [0.717, 1.165) is 18.1 Å². The van der Waals surface area contributed by atoms with Crippen LogP contribution in [0.3, 0.4) is 0 Å². The maximum atomic E-state index is 13.5. The van der Waals surface area contributed by atoms with Crippen LogP contribution >= 0.6 is 0 Å². The monoisotopic (exact) mass is 563 g/mol. The van der Waals surface area contributed by atoms with Gasteiger partial charge in [0.05, 0.1) is 12.3 Å². The third-order valence-electron chi connectivity index (χ3n) is 6.79. The Bertz CT molecular complexity index is 1410. The van der Waals surface area contributed by atoms with Crippen LogP contribution in [-0.2, 0) is 24.0 Å². The van der Waals surface area contributed by atoms with Gasteiger partial charge in [0.25, 0.3) is 11.8 Å². The molecule has 1 fully saturated rings. The van der Waals surface area contributed by atoms with Gasteiger partial charge in [-0.2, -0.15) is 5.01 Å². The molecule has 1 heterocycles. The molecule has 7 N–H and O–H groups in total. The zero-order valence-corrected chi connectivity index (χ0v) is 22.1. The van der Waals surface area contributed by atoms with Crippen molar-refractivity contribution in [2.75, 3.05) is 6.54 Å². The summed E-state index contributed by atoms with van der Waals surface area (Å²) >= 11 is 0. The second-order valence-electron chi connectivity index (χ2n) is 9.54. The summed E-state index contributed by atoms with van der Waals surface area (Å²) in [6, 6.07) is 10.4. The molecule has 1 aliphatic carbocycles. The maximum absolute atomic E-state index is 13.5. The molecular formula is C27H29N7O7. The third-order valence-corrected chi connectivity index (χ3v) is 6.79. The fourth-order valence-electron chi connectivity index (χ4n) is 5.09.